The van der Waals surface area contributed by atoms with Crippen LogP contribution in [-0.2, 0) is 0 Å². The van der Waals surface area contributed by atoms with Gasteiger partial charge in [-0.2, -0.15) is 5.26 Å². The predicted molar refractivity (Wildman–Crippen MR) is 82.4 cm³/mol. The van der Waals surface area contributed by atoms with Crippen molar-refractivity contribution < 1.29 is 0 Å². The van der Waals surface area contributed by atoms with Crippen LogP contribution in [-0.4, -0.2) is 61.7 Å². The average molecular weight is 278 g/mol. The second kappa shape index (κ2) is 6.43. The zero-order valence-electron chi connectivity index (χ0n) is 13.5. The van der Waals surface area contributed by atoms with Gasteiger partial charge < -0.3 is 4.90 Å². The van der Waals surface area contributed by atoms with Crippen molar-refractivity contribution in [1.82, 2.24) is 15.1 Å². The summed E-state index contributed by atoms with van der Waals surface area (Å²) in [5.74, 6) is 1.25. The zero-order chi connectivity index (χ0) is 14.8. The Morgan fingerprint density at radius 1 is 1.35 bits per heavy atom. The summed E-state index contributed by atoms with van der Waals surface area (Å²) >= 11 is 0. The molecule has 2 fully saturated rings. The molecule has 2 aliphatic rings. The Bertz CT molecular complexity index is 358. The fraction of sp³-hybridized carbons (Fsp3) is 0.938. The average Bonchev–Trinajstić information content (AvgIpc) is 3.19. The lowest BCUT2D eigenvalue weighted by atomic mass is 9.94. The van der Waals surface area contributed by atoms with Gasteiger partial charge in [-0.25, -0.2) is 0 Å². The monoisotopic (exact) mass is 278 g/mol. The molecule has 0 aromatic carbocycles. The smallest absolute Gasteiger partial charge is 0.122 e. The molecule has 0 aromatic heterocycles. The van der Waals surface area contributed by atoms with Gasteiger partial charge in [-0.15, -0.1) is 0 Å². The molecule has 114 valence electrons. The van der Waals surface area contributed by atoms with Gasteiger partial charge in [0.05, 0.1) is 6.07 Å². The molecule has 3 unspecified atom stereocenters. The van der Waals surface area contributed by atoms with Crippen molar-refractivity contribution in [3.05, 3.63) is 0 Å². The molecule has 4 nitrogen and oxygen atoms in total. The SMILES string of the molecule is CCCNC(C#N)(CN1CC(C)C(N(C)C)C1)C1CC1. The minimum Gasteiger partial charge on any atom is -0.305 e. The summed E-state index contributed by atoms with van der Waals surface area (Å²) in [5, 5.41) is 13.3. The lowest BCUT2D eigenvalue weighted by Gasteiger charge is -2.33. The highest BCUT2D eigenvalue weighted by molar-refractivity contribution is 5.17. The number of nitrogens with zero attached hydrogens (tertiary/aromatic N) is 3. The van der Waals surface area contributed by atoms with E-state index in [9.17, 15) is 5.26 Å². The van der Waals surface area contributed by atoms with Gasteiger partial charge in [0.2, 0.25) is 0 Å². The summed E-state index contributed by atoms with van der Waals surface area (Å²) in [6.45, 7) is 8.55. The molecular weight excluding hydrogens is 248 g/mol. The van der Waals surface area contributed by atoms with E-state index in [1.807, 2.05) is 0 Å². The van der Waals surface area contributed by atoms with Gasteiger partial charge in [0.25, 0.3) is 0 Å². The van der Waals surface area contributed by atoms with Crippen molar-refractivity contribution in [2.75, 3.05) is 40.3 Å². The maximum absolute atomic E-state index is 9.77. The molecule has 1 N–H and O–H groups in total. The first-order valence-electron chi connectivity index (χ1n) is 8.07. The molecule has 0 amide bonds. The second-order valence-electron chi connectivity index (χ2n) is 6.99. The number of rotatable bonds is 7. The fourth-order valence-corrected chi connectivity index (χ4v) is 3.62. The molecular formula is C16H30N4. The number of likely N-dealkylation sites (tertiary alicyclic amines) is 1. The van der Waals surface area contributed by atoms with Crippen molar-refractivity contribution in [2.45, 2.75) is 44.7 Å². The number of likely N-dealkylation sites (N-methyl/N-ethyl adjacent to an activating group) is 1. The van der Waals surface area contributed by atoms with Crippen molar-refractivity contribution >= 4 is 0 Å². The van der Waals surface area contributed by atoms with Gasteiger partial charge in [0.1, 0.15) is 5.54 Å². The molecule has 0 spiro atoms. The third-order valence-electron chi connectivity index (χ3n) is 4.95. The summed E-state index contributed by atoms with van der Waals surface area (Å²) in [4.78, 5) is 4.83. The Hall–Kier alpha value is -0.630. The van der Waals surface area contributed by atoms with E-state index in [0.29, 0.717) is 17.9 Å². The molecule has 3 atom stereocenters. The van der Waals surface area contributed by atoms with Crippen molar-refractivity contribution in [1.29, 1.82) is 5.26 Å². The molecule has 0 radical (unpaired) electrons. The van der Waals surface area contributed by atoms with E-state index >= 15 is 0 Å². The van der Waals surface area contributed by atoms with E-state index in [-0.39, 0.29) is 5.54 Å². The zero-order valence-corrected chi connectivity index (χ0v) is 13.5. The van der Waals surface area contributed by atoms with Gasteiger partial charge in [-0.05, 0) is 51.7 Å². The van der Waals surface area contributed by atoms with Crippen LogP contribution in [0.5, 0.6) is 0 Å². The Morgan fingerprint density at radius 2 is 2.05 bits per heavy atom. The van der Waals surface area contributed by atoms with Gasteiger partial charge in [-0.3, -0.25) is 10.2 Å². The summed E-state index contributed by atoms with van der Waals surface area (Å²) < 4.78 is 0. The predicted octanol–water partition coefficient (Wildman–Crippen LogP) is 1.54. The quantitative estimate of drug-likeness (QED) is 0.767. The minimum absolute atomic E-state index is 0.309. The van der Waals surface area contributed by atoms with Gasteiger partial charge in [0.15, 0.2) is 0 Å². The van der Waals surface area contributed by atoms with Crippen LogP contribution in [0.15, 0.2) is 0 Å². The molecule has 1 heterocycles. The Balaban J connectivity index is 2.00. The number of hydrogen-bond acceptors (Lipinski definition) is 4. The molecule has 1 aliphatic carbocycles. The van der Waals surface area contributed by atoms with Crippen LogP contribution >= 0.6 is 0 Å². The first-order chi connectivity index (χ1) is 9.52. The molecule has 4 heteroatoms. The van der Waals surface area contributed by atoms with Gasteiger partial charge in [0, 0.05) is 25.7 Å². The van der Waals surface area contributed by atoms with E-state index in [4.69, 9.17) is 0 Å². The maximum atomic E-state index is 9.77. The summed E-state index contributed by atoms with van der Waals surface area (Å²) in [7, 11) is 4.33. The van der Waals surface area contributed by atoms with E-state index in [0.717, 1.165) is 32.6 Å². The lowest BCUT2D eigenvalue weighted by molar-refractivity contribution is 0.210. The van der Waals surface area contributed by atoms with Crippen LogP contribution in [0.3, 0.4) is 0 Å². The summed E-state index contributed by atoms with van der Waals surface area (Å²) in [6, 6.07) is 3.25. The van der Waals surface area contributed by atoms with Crippen molar-refractivity contribution in [2.24, 2.45) is 11.8 Å². The number of nitriles is 1. The molecule has 1 saturated carbocycles. The van der Waals surface area contributed by atoms with Crippen LogP contribution < -0.4 is 5.32 Å². The van der Waals surface area contributed by atoms with E-state index < -0.39 is 0 Å². The third-order valence-corrected chi connectivity index (χ3v) is 4.95. The van der Waals surface area contributed by atoms with Crippen LogP contribution in [0.4, 0.5) is 0 Å². The van der Waals surface area contributed by atoms with Crippen LogP contribution in [0.1, 0.15) is 33.1 Å². The lowest BCUT2D eigenvalue weighted by Crippen LogP contribution is -2.54. The Kier molecular flexibility index (Phi) is 5.06. The highest BCUT2D eigenvalue weighted by atomic mass is 15.3. The normalized spacial score (nSPS) is 30.4. The van der Waals surface area contributed by atoms with E-state index in [2.05, 4.69) is 49.1 Å². The highest BCUT2D eigenvalue weighted by Gasteiger charge is 2.47. The van der Waals surface area contributed by atoms with Crippen LogP contribution in [0.25, 0.3) is 0 Å². The maximum Gasteiger partial charge on any atom is 0.122 e. The molecule has 0 bridgehead atoms. The summed E-state index contributed by atoms with van der Waals surface area (Å²) in [6.07, 6.45) is 3.52. The second-order valence-corrected chi connectivity index (χ2v) is 6.99. The van der Waals surface area contributed by atoms with Crippen molar-refractivity contribution in [3.8, 4) is 6.07 Å². The van der Waals surface area contributed by atoms with Gasteiger partial charge in [-0.1, -0.05) is 13.8 Å². The molecule has 0 aromatic rings. The Labute approximate surface area is 124 Å². The summed E-state index contributed by atoms with van der Waals surface area (Å²) in [5.41, 5.74) is -0.309. The number of nitrogens with one attached hydrogen (secondary N) is 1. The first kappa shape index (κ1) is 15.8. The molecule has 1 aliphatic heterocycles. The minimum atomic E-state index is -0.309. The van der Waals surface area contributed by atoms with Crippen molar-refractivity contribution in [3.63, 3.8) is 0 Å². The molecule has 1 saturated heterocycles. The number of hydrogen-bond donors (Lipinski definition) is 1. The topological polar surface area (TPSA) is 42.3 Å². The van der Waals surface area contributed by atoms with Gasteiger partial charge >= 0.3 is 0 Å². The third kappa shape index (κ3) is 3.33. The first-order valence-corrected chi connectivity index (χ1v) is 8.07. The largest absolute Gasteiger partial charge is 0.305 e. The van der Waals surface area contributed by atoms with E-state index in [1.54, 1.807) is 0 Å². The molecule has 20 heavy (non-hydrogen) atoms. The Morgan fingerprint density at radius 3 is 2.50 bits per heavy atom. The standard InChI is InChI=1S/C16H30N4/c1-5-8-18-16(11-17,14-6-7-14)12-20-9-13(2)15(10-20)19(3)4/h13-15,18H,5-10,12H2,1-4H3. The highest BCUT2D eigenvalue weighted by Crippen LogP contribution is 2.40. The molecule has 2 rings (SSSR count). The fourth-order valence-electron chi connectivity index (χ4n) is 3.62. The van der Waals surface area contributed by atoms with Crippen LogP contribution in [0, 0.1) is 23.2 Å². The van der Waals surface area contributed by atoms with Crippen LogP contribution in [0.2, 0.25) is 0 Å². The van der Waals surface area contributed by atoms with E-state index in [1.165, 1.54) is 12.8 Å².